The molecular formula is C13H18N6O3S. The number of hydrogen-bond donors (Lipinski definition) is 5. The highest BCUT2D eigenvalue weighted by Gasteiger charge is 2.16. The lowest BCUT2D eigenvalue weighted by Gasteiger charge is -2.12. The summed E-state index contributed by atoms with van der Waals surface area (Å²) < 4.78 is 32.4. The number of nitrogens with one attached hydrogen (secondary N) is 3. The maximum atomic E-state index is 11.5. The second-order valence-corrected chi connectivity index (χ2v) is 6.32. The number of nitriles is 1. The number of nitrogens with two attached hydrogens (primary N) is 1. The second-order valence-electron chi connectivity index (χ2n) is 4.93. The Morgan fingerprint density at radius 3 is 2.65 bits per heavy atom. The number of hydrogen-bond acceptors (Lipinski definition) is 7. The third-order valence-electron chi connectivity index (χ3n) is 2.70. The van der Waals surface area contributed by atoms with Crippen LogP contribution in [0.2, 0.25) is 0 Å². The molecule has 10 heteroatoms. The summed E-state index contributed by atoms with van der Waals surface area (Å²) in [5, 5.41) is 22.5. The Bertz CT molecular complexity index is 764. The summed E-state index contributed by atoms with van der Waals surface area (Å²) in [5.41, 5.74) is 7.85. The lowest BCUT2D eigenvalue weighted by atomic mass is 10.2. The molecule has 0 saturated carbocycles. The number of anilines is 1. The summed E-state index contributed by atoms with van der Waals surface area (Å²) in [7, 11) is -4.42. The van der Waals surface area contributed by atoms with E-state index in [0.717, 1.165) is 0 Å². The Hall–Kier alpha value is -2.48. The number of amidine groups is 1. The first kappa shape index (κ1) is 18.6. The summed E-state index contributed by atoms with van der Waals surface area (Å²) in [4.78, 5) is -0.271. The van der Waals surface area contributed by atoms with Crippen molar-refractivity contribution in [3.05, 3.63) is 23.8 Å². The summed E-state index contributed by atoms with van der Waals surface area (Å²) in [6.45, 7) is 4.07. The van der Waals surface area contributed by atoms with Gasteiger partial charge in [-0.3, -0.25) is 15.4 Å². The van der Waals surface area contributed by atoms with Gasteiger partial charge in [-0.1, -0.05) is 19.9 Å². The third kappa shape index (κ3) is 5.67. The third-order valence-corrected chi connectivity index (χ3v) is 3.64. The van der Waals surface area contributed by atoms with E-state index in [9.17, 15) is 13.0 Å². The van der Waals surface area contributed by atoms with Gasteiger partial charge in [0.2, 0.25) is 5.71 Å². The van der Waals surface area contributed by atoms with Crippen molar-refractivity contribution in [1.29, 1.82) is 10.7 Å². The van der Waals surface area contributed by atoms with E-state index >= 15 is 0 Å². The van der Waals surface area contributed by atoms with Crippen molar-refractivity contribution in [2.45, 2.75) is 31.3 Å². The molecule has 1 aromatic rings. The van der Waals surface area contributed by atoms with Crippen LogP contribution in [-0.2, 0) is 16.7 Å². The van der Waals surface area contributed by atoms with Crippen molar-refractivity contribution in [2.24, 2.45) is 10.8 Å². The highest BCUT2D eigenvalue weighted by molar-refractivity contribution is 7.85. The minimum absolute atomic E-state index is 0.139. The molecule has 0 aliphatic heterocycles. The first-order valence-electron chi connectivity index (χ1n) is 6.57. The predicted molar refractivity (Wildman–Crippen MR) is 86.8 cm³/mol. The minimum Gasteiger partial charge on any atom is -0.382 e. The van der Waals surface area contributed by atoms with Gasteiger partial charge in [0.15, 0.2) is 5.84 Å². The lowest BCUT2D eigenvalue weighted by molar-refractivity contribution is 0.480. The van der Waals surface area contributed by atoms with E-state index in [2.05, 4.69) is 15.8 Å². The topological polar surface area (TPSA) is 164 Å². The molecule has 0 fully saturated rings. The van der Waals surface area contributed by atoms with Crippen molar-refractivity contribution < 1.29 is 13.0 Å². The minimum atomic E-state index is -4.42. The summed E-state index contributed by atoms with van der Waals surface area (Å²) in [6, 6.07) is 5.99. The molecule has 0 radical (unpaired) electrons. The highest BCUT2D eigenvalue weighted by Crippen LogP contribution is 2.21. The molecule has 0 aliphatic rings. The largest absolute Gasteiger partial charge is 0.382 e. The first-order valence-corrected chi connectivity index (χ1v) is 8.01. The fourth-order valence-electron chi connectivity index (χ4n) is 1.59. The second kappa shape index (κ2) is 7.68. The van der Waals surface area contributed by atoms with Crippen LogP contribution in [-0.4, -0.2) is 30.6 Å². The normalized spacial score (nSPS) is 12.0. The molecule has 0 unspecified atom stereocenters. The van der Waals surface area contributed by atoms with E-state index in [1.54, 1.807) is 6.07 Å². The van der Waals surface area contributed by atoms with Crippen LogP contribution >= 0.6 is 0 Å². The first-order chi connectivity index (χ1) is 10.6. The van der Waals surface area contributed by atoms with Crippen LogP contribution in [0.15, 0.2) is 28.2 Å². The van der Waals surface area contributed by atoms with Crippen LogP contribution < -0.4 is 16.5 Å². The zero-order chi connectivity index (χ0) is 17.6. The van der Waals surface area contributed by atoms with Gasteiger partial charge in [-0.2, -0.15) is 18.8 Å². The number of benzene rings is 1. The maximum Gasteiger partial charge on any atom is 0.294 e. The number of hydrazone groups is 1. The van der Waals surface area contributed by atoms with Crippen LogP contribution in [0.4, 0.5) is 5.69 Å². The van der Waals surface area contributed by atoms with Gasteiger partial charge in [-0.15, -0.1) is 0 Å². The zero-order valence-corrected chi connectivity index (χ0v) is 13.5. The molecule has 0 saturated heterocycles. The maximum absolute atomic E-state index is 11.5. The van der Waals surface area contributed by atoms with Crippen molar-refractivity contribution >= 4 is 27.4 Å². The van der Waals surface area contributed by atoms with Crippen LogP contribution in [0.3, 0.4) is 0 Å². The molecule has 1 rings (SSSR count). The summed E-state index contributed by atoms with van der Waals surface area (Å²) >= 11 is 0. The fraction of sp³-hybridized carbons (Fsp3) is 0.308. The van der Waals surface area contributed by atoms with E-state index in [4.69, 9.17) is 16.4 Å². The van der Waals surface area contributed by atoms with Gasteiger partial charge in [0.05, 0.1) is 5.69 Å². The molecule has 0 aromatic heterocycles. The molecule has 1 aromatic carbocycles. The molecular weight excluding hydrogens is 320 g/mol. The molecule has 124 valence electrons. The molecule has 0 aliphatic carbocycles. The highest BCUT2D eigenvalue weighted by atomic mass is 32.2. The van der Waals surface area contributed by atoms with Gasteiger partial charge >= 0.3 is 0 Å². The average molecular weight is 338 g/mol. The lowest BCUT2D eigenvalue weighted by Crippen LogP contribution is -2.23. The molecule has 23 heavy (non-hydrogen) atoms. The summed E-state index contributed by atoms with van der Waals surface area (Å²) in [6.07, 6.45) is 0. The fourth-order valence-corrected chi connectivity index (χ4v) is 2.34. The number of nitrogens with zero attached hydrogens (tertiary/aromatic N) is 2. The van der Waals surface area contributed by atoms with Crippen LogP contribution in [0.5, 0.6) is 0 Å². The Morgan fingerprint density at radius 1 is 1.52 bits per heavy atom. The van der Waals surface area contributed by atoms with E-state index < -0.39 is 16.0 Å². The monoisotopic (exact) mass is 338 g/mol. The van der Waals surface area contributed by atoms with Crippen molar-refractivity contribution in [3.63, 3.8) is 0 Å². The molecule has 6 N–H and O–H groups in total. The Kier molecular flexibility index (Phi) is 6.20. The van der Waals surface area contributed by atoms with Gasteiger partial charge in [-0.05, 0) is 17.7 Å². The van der Waals surface area contributed by atoms with E-state index in [-0.39, 0.29) is 28.9 Å². The Labute approximate surface area is 134 Å². The molecule has 0 atom stereocenters. The quantitative estimate of drug-likeness (QED) is 0.211. The van der Waals surface area contributed by atoms with E-state index in [1.165, 1.54) is 18.2 Å². The van der Waals surface area contributed by atoms with Gasteiger partial charge in [0.25, 0.3) is 10.1 Å². The van der Waals surface area contributed by atoms with Crippen molar-refractivity contribution in [1.82, 2.24) is 5.32 Å². The number of rotatable bonds is 7. The molecule has 0 spiro atoms. The van der Waals surface area contributed by atoms with Crippen LogP contribution in [0.1, 0.15) is 19.4 Å². The molecule has 0 amide bonds. The van der Waals surface area contributed by atoms with Gasteiger partial charge in [0, 0.05) is 12.6 Å². The van der Waals surface area contributed by atoms with Crippen LogP contribution in [0, 0.1) is 16.7 Å². The smallest absolute Gasteiger partial charge is 0.294 e. The standard InChI is InChI=1S/C13H18N6O3S/c1-8(2)17-7-9-3-4-10(5-12(9)23(20,21)22)18-19-11(6-14)13(15)16/h3-5,8,17-18H,7H2,1-2H3,(H3,15,16)(H,20,21,22)/b19-11+. The molecule has 0 bridgehead atoms. The van der Waals surface area contributed by atoms with Gasteiger partial charge in [0.1, 0.15) is 11.0 Å². The Balaban J connectivity index is 3.15. The predicted octanol–water partition coefficient (Wildman–Crippen LogP) is 0.659. The zero-order valence-electron chi connectivity index (χ0n) is 12.7. The van der Waals surface area contributed by atoms with Gasteiger partial charge in [-0.25, -0.2) is 0 Å². The molecule has 0 heterocycles. The van der Waals surface area contributed by atoms with E-state index in [0.29, 0.717) is 5.56 Å². The SMILES string of the molecule is CC(C)NCc1ccc(N/N=C(\C#N)C(=N)N)cc1S(=O)(=O)O. The van der Waals surface area contributed by atoms with Gasteiger partial charge < -0.3 is 11.1 Å². The Morgan fingerprint density at radius 2 is 2.17 bits per heavy atom. The van der Waals surface area contributed by atoms with E-state index in [1.807, 2.05) is 13.8 Å². The molecule has 9 nitrogen and oxygen atoms in total. The van der Waals surface area contributed by atoms with Crippen molar-refractivity contribution in [2.75, 3.05) is 5.43 Å². The average Bonchev–Trinajstić information content (AvgIpc) is 2.44. The summed E-state index contributed by atoms with van der Waals surface area (Å²) in [5.74, 6) is -0.521. The van der Waals surface area contributed by atoms with Crippen molar-refractivity contribution in [3.8, 4) is 6.07 Å². The van der Waals surface area contributed by atoms with Crippen LogP contribution in [0.25, 0.3) is 0 Å².